The van der Waals surface area contributed by atoms with Gasteiger partial charge in [0, 0.05) is 22.6 Å². The molecule has 24 heavy (non-hydrogen) atoms. The van der Waals surface area contributed by atoms with Crippen LogP contribution < -0.4 is 5.32 Å². The smallest absolute Gasteiger partial charge is 0.355 e. The predicted molar refractivity (Wildman–Crippen MR) is 87.4 cm³/mol. The number of carboxylic acids is 1. The molecule has 0 spiro atoms. The molecule has 0 radical (unpaired) electrons. The number of rotatable bonds is 6. The van der Waals surface area contributed by atoms with Crippen molar-refractivity contribution in [1.29, 1.82) is 0 Å². The minimum atomic E-state index is -1.14. The molecule has 0 saturated carbocycles. The van der Waals surface area contributed by atoms with E-state index in [2.05, 4.69) is 10.3 Å². The summed E-state index contributed by atoms with van der Waals surface area (Å²) in [5.41, 5.74) is 0.546. The Morgan fingerprint density at radius 2 is 2.12 bits per heavy atom. The number of hydrogen-bond acceptors (Lipinski definition) is 6. The summed E-state index contributed by atoms with van der Waals surface area (Å²) in [6.07, 6.45) is 0. The molecule has 0 aliphatic carbocycles. The molecule has 2 aromatic rings. The van der Waals surface area contributed by atoms with Crippen LogP contribution >= 0.6 is 11.3 Å². The molecule has 1 aromatic carbocycles. The second-order valence-electron chi connectivity index (χ2n) is 5.30. The zero-order valence-corrected chi connectivity index (χ0v) is 13.8. The Bertz CT molecular complexity index is 800. The number of nitrogens with one attached hydrogen (secondary N) is 1. The summed E-state index contributed by atoms with van der Waals surface area (Å²) in [6.45, 7) is 3.73. The maximum absolute atomic E-state index is 12.1. The van der Waals surface area contributed by atoms with Crippen molar-refractivity contribution in [3.05, 3.63) is 55.5 Å². The largest absolute Gasteiger partial charge is 0.476 e. The van der Waals surface area contributed by atoms with Crippen LogP contribution in [0.15, 0.2) is 23.6 Å². The van der Waals surface area contributed by atoms with Crippen LogP contribution in [0.25, 0.3) is 0 Å². The Kier molecular flexibility index (Phi) is 5.24. The molecule has 8 nitrogen and oxygen atoms in total. The fourth-order valence-corrected chi connectivity index (χ4v) is 2.79. The van der Waals surface area contributed by atoms with Crippen molar-refractivity contribution in [1.82, 2.24) is 10.3 Å². The summed E-state index contributed by atoms with van der Waals surface area (Å²) >= 11 is 1.11. The molecule has 2 N–H and O–H groups in total. The quantitative estimate of drug-likeness (QED) is 0.611. The van der Waals surface area contributed by atoms with E-state index >= 15 is 0 Å². The number of aromatic nitrogens is 1. The zero-order valence-electron chi connectivity index (χ0n) is 13.0. The highest BCUT2D eigenvalue weighted by Crippen LogP contribution is 2.27. The molecular formula is C15H15N3O5S. The van der Waals surface area contributed by atoms with E-state index in [0.717, 1.165) is 11.3 Å². The predicted octanol–water partition coefficient (Wildman–Crippen LogP) is 2.80. The van der Waals surface area contributed by atoms with Gasteiger partial charge in [0.05, 0.1) is 11.5 Å². The molecule has 1 heterocycles. The van der Waals surface area contributed by atoms with Gasteiger partial charge in [-0.1, -0.05) is 19.9 Å². The lowest BCUT2D eigenvalue weighted by Crippen LogP contribution is -2.23. The van der Waals surface area contributed by atoms with E-state index in [-0.39, 0.29) is 29.4 Å². The van der Waals surface area contributed by atoms with Gasteiger partial charge in [0.1, 0.15) is 5.01 Å². The maximum atomic E-state index is 12.1. The van der Waals surface area contributed by atoms with Crippen molar-refractivity contribution in [3.8, 4) is 0 Å². The first kappa shape index (κ1) is 17.5. The van der Waals surface area contributed by atoms with Crippen molar-refractivity contribution in [3.63, 3.8) is 0 Å². The summed E-state index contributed by atoms with van der Waals surface area (Å²) in [7, 11) is 0. The molecule has 0 unspecified atom stereocenters. The molecular weight excluding hydrogens is 334 g/mol. The van der Waals surface area contributed by atoms with Crippen molar-refractivity contribution < 1.29 is 19.6 Å². The van der Waals surface area contributed by atoms with Gasteiger partial charge in [-0.3, -0.25) is 14.9 Å². The Balaban J connectivity index is 2.13. The third-order valence-corrected chi connectivity index (χ3v) is 4.13. The minimum absolute atomic E-state index is 0.0349. The highest BCUT2D eigenvalue weighted by molar-refractivity contribution is 7.09. The third kappa shape index (κ3) is 3.93. The zero-order chi connectivity index (χ0) is 17.9. The van der Waals surface area contributed by atoms with Crippen molar-refractivity contribution in [2.45, 2.75) is 26.3 Å². The number of nitro groups is 1. The lowest BCUT2D eigenvalue weighted by molar-refractivity contribution is -0.385. The number of carbonyl (C=O) groups is 2. The monoisotopic (exact) mass is 349 g/mol. The van der Waals surface area contributed by atoms with Crippen LogP contribution in [-0.2, 0) is 6.54 Å². The summed E-state index contributed by atoms with van der Waals surface area (Å²) < 4.78 is 0. The number of carbonyl (C=O) groups excluding carboxylic acids is 1. The van der Waals surface area contributed by atoms with Gasteiger partial charge in [0.2, 0.25) is 0 Å². The number of benzene rings is 1. The average molecular weight is 349 g/mol. The van der Waals surface area contributed by atoms with Gasteiger partial charge in [-0.15, -0.1) is 11.3 Å². The van der Waals surface area contributed by atoms with Crippen molar-refractivity contribution in [2.24, 2.45) is 0 Å². The lowest BCUT2D eigenvalue weighted by atomic mass is 9.99. The van der Waals surface area contributed by atoms with E-state index < -0.39 is 16.8 Å². The van der Waals surface area contributed by atoms with Crippen molar-refractivity contribution >= 4 is 28.9 Å². The second kappa shape index (κ2) is 7.18. The second-order valence-corrected chi connectivity index (χ2v) is 6.24. The van der Waals surface area contributed by atoms with Gasteiger partial charge in [0.15, 0.2) is 5.69 Å². The number of amides is 1. The number of aromatic carboxylic acids is 1. The van der Waals surface area contributed by atoms with E-state index in [1.54, 1.807) is 6.07 Å². The molecule has 0 saturated heterocycles. The average Bonchev–Trinajstić information content (AvgIpc) is 3.01. The standard InChI is InChI=1S/C15H15N3O5S/c1-8(2)10-4-3-9(5-12(10)18(22)23)14(19)16-6-13-17-11(7-24-13)15(20)21/h3-5,7-8H,6H2,1-2H3,(H,16,19)(H,20,21). The Hall–Kier alpha value is -2.81. The summed E-state index contributed by atoms with van der Waals surface area (Å²) in [5.74, 6) is -1.66. The van der Waals surface area contributed by atoms with Crippen LogP contribution in [0.4, 0.5) is 5.69 Å². The summed E-state index contributed by atoms with van der Waals surface area (Å²) in [4.78, 5) is 37.4. The molecule has 0 atom stereocenters. The first-order valence-corrected chi connectivity index (χ1v) is 7.91. The van der Waals surface area contributed by atoms with Gasteiger partial charge in [0.25, 0.3) is 11.6 Å². The molecule has 0 bridgehead atoms. The van der Waals surface area contributed by atoms with E-state index in [1.807, 2.05) is 13.8 Å². The molecule has 9 heteroatoms. The van der Waals surface area contributed by atoms with E-state index in [4.69, 9.17) is 5.11 Å². The van der Waals surface area contributed by atoms with Crippen LogP contribution in [0.1, 0.15) is 51.2 Å². The Morgan fingerprint density at radius 3 is 2.67 bits per heavy atom. The molecule has 0 fully saturated rings. The number of nitro benzene ring substituents is 1. The van der Waals surface area contributed by atoms with Gasteiger partial charge < -0.3 is 10.4 Å². The third-order valence-electron chi connectivity index (χ3n) is 3.28. The number of carboxylic acid groups (broad SMARTS) is 1. The highest BCUT2D eigenvalue weighted by atomic mass is 32.1. The van der Waals surface area contributed by atoms with Gasteiger partial charge in [-0.25, -0.2) is 9.78 Å². The molecule has 0 aliphatic rings. The van der Waals surface area contributed by atoms with Crippen LogP contribution in [0.2, 0.25) is 0 Å². The molecule has 1 amide bonds. The topological polar surface area (TPSA) is 122 Å². The molecule has 0 aliphatic heterocycles. The fourth-order valence-electron chi connectivity index (χ4n) is 2.08. The molecule has 126 valence electrons. The van der Waals surface area contributed by atoms with Gasteiger partial charge >= 0.3 is 5.97 Å². The van der Waals surface area contributed by atoms with Gasteiger partial charge in [-0.2, -0.15) is 0 Å². The van der Waals surface area contributed by atoms with Crippen LogP contribution in [0.3, 0.4) is 0 Å². The van der Waals surface area contributed by atoms with Crippen LogP contribution in [0, 0.1) is 10.1 Å². The maximum Gasteiger partial charge on any atom is 0.355 e. The van der Waals surface area contributed by atoms with Crippen LogP contribution in [0.5, 0.6) is 0 Å². The van der Waals surface area contributed by atoms with Gasteiger partial charge in [-0.05, 0) is 12.0 Å². The SMILES string of the molecule is CC(C)c1ccc(C(=O)NCc2nc(C(=O)O)cs2)cc1[N+](=O)[O-]. The minimum Gasteiger partial charge on any atom is -0.476 e. The van der Waals surface area contributed by atoms with E-state index in [0.29, 0.717) is 10.6 Å². The number of thiazole rings is 1. The fraction of sp³-hybridized carbons (Fsp3) is 0.267. The Morgan fingerprint density at radius 1 is 1.42 bits per heavy atom. The van der Waals surface area contributed by atoms with E-state index in [9.17, 15) is 19.7 Å². The van der Waals surface area contributed by atoms with Crippen LogP contribution in [-0.4, -0.2) is 26.9 Å². The summed E-state index contributed by atoms with van der Waals surface area (Å²) in [6, 6.07) is 4.35. The first-order valence-electron chi connectivity index (χ1n) is 7.03. The first-order chi connectivity index (χ1) is 11.3. The number of hydrogen-bond donors (Lipinski definition) is 2. The highest BCUT2D eigenvalue weighted by Gasteiger charge is 2.19. The lowest BCUT2D eigenvalue weighted by Gasteiger charge is -2.08. The molecule has 1 aromatic heterocycles. The van der Waals surface area contributed by atoms with E-state index in [1.165, 1.54) is 17.5 Å². The normalized spacial score (nSPS) is 10.6. The summed E-state index contributed by atoms with van der Waals surface area (Å²) in [5, 5.41) is 24.4. The Labute approximate surface area is 141 Å². The van der Waals surface area contributed by atoms with Crippen molar-refractivity contribution in [2.75, 3.05) is 0 Å². The molecule has 2 rings (SSSR count). The number of nitrogens with zero attached hydrogens (tertiary/aromatic N) is 2.